The lowest BCUT2D eigenvalue weighted by Gasteiger charge is -2.27. The molecule has 2 fully saturated rings. The molecule has 0 spiro atoms. The SMILES string of the molecule is CCN(C(=O)CC(=O)N1CCCC1)C1CCS(=O)(=O)C1. The highest BCUT2D eigenvalue weighted by Crippen LogP contribution is 2.19. The fourth-order valence-electron chi connectivity index (χ4n) is 2.97. The van der Waals surface area contributed by atoms with Gasteiger partial charge in [0.25, 0.3) is 0 Å². The van der Waals surface area contributed by atoms with Crippen molar-refractivity contribution in [2.75, 3.05) is 31.1 Å². The molecule has 0 aromatic heterocycles. The molecule has 114 valence electrons. The molecule has 0 saturated carbocycles. The predicted molar refractivity (Wildman–Crippen MR) is 74.9 cm³/mol. The molecule has 2 saturated heterocycles. The van der Waals surface area contributed by atoms with Crippen LogP contribution in [0.2, 0.25) is 0 Å². The van der Waals surface area contributed by atoms with Crippen LogP contribution in [0.3, 0.4) is 0 Å². The third-order valence-electron chi connectivity index (χ3n) is 4.07. The van der Waals surface area contributed by atoms with Crippen molar-refractivity contribution in [3.63, 3.8) is 0 Å². The molecule has 2 aliphatic rings. The van der Waals surface area contributed by atoms with E-state index in [0.717, 1.165) is 25.9 Å². The molecular weight excluding hydrogens is 280 g/mol. The maximum atomic E-state index is 12.2. The quantitative estimate of drug-likeness (QED) is 0.687. The Bertz CT molecular complexity index is 483. The number of likely N-dealkylation sites (tertiary alicyclic amines) is 1. The second-order valence-electron chi connectivity index (χ2n) is 5.50. The molecule has 0 bridgehead atoms. The van der Waals surface area contributed by atoms with Gasteiger partial charge in [0, 0.05) is 25.7 Å². The Labute approximate surface area is 120 Å². The Morgan fingerprint density at radius 2 is 1.90 bits per heavy atom. The summed E-state index contributed by atoms with van der Waals surface area (Å²) >= 11 is 0. The summed E-state index contributed by atoms with van der Waals surface area (Å²) in [7, 11) is -3.02. The van der Waals surface area contributed by atoms with Crippen LogP contribution < -0.4 is 0 Å². The lowest BCUT2D eigenvalue weighted by molar-refractivity contribution is -0.141. The van der Waals surface area contributed by atoms with E-state index in [1.807, 2.05) is 6.92 Å². The van der Waals surface area contributed by atoms with Crippen LogP contribution >= 0.6 is 0 Å². The van der Waals surface area contributed by atoms with Crippen molar-refractivity contribution < 1.29 is 18.0 Å². The summed E-state index contributed by atoms with van der Waals surface area (Å²) in [4.78, 5) is 27.5. The normalized spacial score (nSPS) is 24.9. The zero-order valence-corrected chi connectivity index (χ0v) is 12.7. The molecule has 0 aromatic rings. The maximum Gasteiger partial charge on any atom is 0.232 e. The van der Waals surface area contributed by atoms with Crippen LogP contribution in [-0.2, 0) is 19.4 Å². The van der Waals surface area contributed by atoms with Crippen molar-refractivity contribution in [3.05, 3.63) is 0 Å². The molecule has 1 atom stereocenters. The van der Waals surface area contributed by atoms with Gasteiger partial charge >= 0.3 is 0 Å². The van der Waals surface area contributed by atoms with Crippen molar-refractivity contribution in [1.29, 1.82) is 0 Å². The first-order valence-electron chi connectivity index (χ1n) is 7.20. The Kier molecular flexibility index (Phi) is 4.67. The van der Waals surface area contributed by atoms with E-state index in [1.165, 1.54) is 0 Å². The van der Waals surface area contributed by atoms with Crippen LogP contribution in [0.4, 0.5) is 0 Å². The number of carbonyl (C=O) groups is 2. The van der Waals surface area contributed by atoms with Gasteiger partial charge in [-0.2, -0.15) is 0 Å². The van der Waals surface area contributed by atoms with Crippen molar-refractivity contribution in [2.24, 2.45) is 0 Å². The van der Waals surface area contributed by atoms with Gasteiger partial charge in [-0.15, -0.1) is 0 Å². The molecule has 0 aromatic carbocycles. The molecule has 0 N–H and O–H groups in total. The molecule has 2 aliphatic heterocycles. The highest BCUT2D eigenvalue weighted by Gasteiger charge is 2.34. The van der Waals surface area contributed by atoms with E-state index in [9.17, 15) is 18.0 Å². The van der Waals surface area contributed by atoms with Gasteiger partial charge in [-0.25, -0.2) is 8.42 Å². The zero-order chi connectivity index (χ0) is 14.8. The lowest BCUT2D eigenvalue weighted by Crippen LogP contribution is -2.43. The molecule has 20 heavy (non-hydrogen) atoms. The van der Waals surface area contributed by atoms with Crippen molar-refractivity contribution in [2.45, 2.75) is 38.6 Å². The second kappa shape index (κ2) is 6.11. The fourth-order valence-corrected chi connectivity index (χ4v) is 4.70. The first-order chi connectivity index (χ1) is 9.43. The Morgan fingerprint density at radius 3 is 2.40 bits per heavy atom. The van der Waals surface area contributed by atoms with Crippen LogP contribution in [0.5, 0.6) is 0 Å². The summed E-state index contributed by atoms with van der Waals surface area (Å²) in [5.41, 5.74) is 0. The predicted octanol–water partition coefficient (Wildman–Crippen LogP) is 0.0345. The molecular formula is C13H22N2O4S. The zero-order valence-electron chi connectivity index (χ0n) is 11.9. The highest BCUT2D eigenvalue weighted by molar-refractivity contribution is 7.91. The minimum absolute atomic E-state index is 0.0322. The van der Waals surface area contributed by atoms with Crippen molar-refractivity contribution in [3.8, 4) is 0 Å². The molecule has 0 aliphatic carbocycles. The van der Waals surface area contributed by atoms with E-state index in [4.69, 9.17) is 0 Å². The van der Waals surface area contributed by atoms with Gasteiger partial charge in [-0.3, -0.25) is 9.59 Å². The Hall–Kier alpha value is -1.11. The lowest BCUT2D eigenvalue weighted by atomic mass is 10.2. The first kappa shape index (κ1) is 15.3. The van der Waals surface area contributed by atoms with E-state index < -0.39 is 9.84 Å². The van der Waals surface area contributed by atoms with Gasteiger partial charge in [0.15, 0.2) is 9.84 Å². The first-order valence-corrected chi connectivity index (χ1v) is 9.03. The van der Waals surface area contributed by atoms with E-state index >= 15 is 0 Å². The van der Waals surface area contributed by atoms with Gasteiger partial charge in [0.05, 0.1) is 11.5 Å². The summed E-state index contributed by atoms with van der Waals surface area (Å²) in [6, 6.07) is -0.260. The fraction of sp³-hybridized carbons (Fsp3) is 0.846. The van der Waals surface area contributed by atoms with Crippen LogP contribution in [0.25, 0.3) is 0 Å². The average molecular weight is 302 g/mol. The van der Waals surface area contributed by atoms with E-state index in [1.54, 1.807) is 9.80 Å². The van der Waals surface area contributed by atoms with E-state index in [0.29, 0.717) is 13.0 Å². The topological polar surface area (TPSA) is 74.8 Å². The number of hydrogen-bond acceptors (Lipinski definition) is 4. The molecule has 2 amide bonds. The number of hydrogen-bond donors (Lipinski definition) is 0. The average Bonchev–Trinajstić information content (AvgIpc) is 2.99. The van der Waals surface area contributed by atoms with Crippen LogP contribution in [0, 0.1) is 0 Å². The van der Waals surface area contributed by atoms with Gasteiger partial charge in [-0.1, -0.05) is 0 Å². The summed E-state index contributed by atoms with van der Waals surface area (Å²) in [6.45, 7) is 3.74. The Balaban J connectivity index is 1.93. The monoisotopic (exact) mass is 302 g/mol. The standard InChI is InChI=1S/C13H22N2O4S/c1-2-15(11-5-8-20(18,19)10-11)13(17)9-12(16)14-6-3-4-7-14/h11H,2-10H2,1H3. The van der Waals surface area contributed by atoms with Crippen LogP contribution in [-0.4, -0.2) is 67.2 Å². The van der Waals surface area contributed by atoms with Crippen LogP contribution in [0.1, 0.15) is 32.6 Å². The molecule has 2 heterocycles. The highest BCUT2D eigenvalue weighted by atomic mass is 32.2. The minimum atomic E-state index is -3.02. The largest absolute Gasteiger partial charge is 0.342 e. The number of sulfone groups is 1. The maximum absolute atomic E-state index is 12.2. The number of nitrogens with zero attached hydrogens (tertiary/aromatic N) is 2. The molecule has 1 unspecified atom stereocenters. The van der Waals surface area contributed by atoms with Gasteiger partial charge < -0.3 is 9.80 Å². The molecule has 0 radical (unpaired) electrons. The number of rotatable bonds is 4. The van der Waals surface area contributed by atoms with E-state index in [-0.39, 0.29) is 35.8 Å². The van der Waals surface area contributed by atoms with Gasteiger partial charge in [0.2, 0.25) is 11.8 Å². The van der Waals surface area contributed by atoms with Gasteiger partial charge in [-0.05, 0) is 26.2 Å². The summed E-state index contributed by atoms with van der Waals surface area (Å²) in [5, 5.41) is 0. The van der Waals surface area contributed by atoms with E-state index in [2.05, 4.69) is 0 Å². The Morgan fingerprint density at radius 1 is 1.25 bits per heavy atom. The second-order valence-corrected chi connectivity index (χ2v) is 7.73. The smallest absolute Gasteiger partial charge is 0.232 e. The van der Waals surface area contributed by atoms with Gasteiger partial charge in [0.1, 0.15) is 6.42 Å². The summed E-state index contributed by atoms with van der Waals surface area (Å²) in [6.07, 6.45) is 2.35. The number of amides is 2. The van der Waals surface area contributed by atoms with Crippen molar-refractivity contribution in [1.82, 2.24) is 9.80 Å². The molecule has 7 heteroatoms. The third-order valence-corrected chi connectivity index (χ3v) is 5.82. The molecule has 6 nitrogen and oxygen atoms in total. The summed E-state index contributed by atoms with van der Waals surface area (Å²) < 4.78 is 23.0. The minimum Gasteiger partial charge on any atom is -0.342 e. The van der Waals surface area contributed by atoms with Crippen LogP contribution in [0.15, 0.2) is 0 Å². The summed E-state index contributed by atoms with van der Waals surface area (Å²) in [5.74, 6) is -0.204. The third kappa shape index (κ3) is 3.50. The molecule has 2 rings (SSSR count). The van der Waals surface area contributed by atoms with Crippen molar-refractivity contribution >= 4 is 21.7 Å². The number of carbonyl (C=O) groups excluding carboxylic acids is 2.